The van der Waals surface area contributed by atoms with Crippen molar-refractivity contribution in [2.75, 3.05) is 66.7 Å². The van der Waals surface area contributed by atoms with Gasteiger partial charge in [0.2, 0.25) is 0 Å². The average molecular weight is 1060 g/mol. The molecule has 6 aromatic carbocycles. The number of ether oxygens (including phenoxy) is 4. The summed E-state index contributed by atoms with van der Waals surface area (Å²) in [5.74, 6) is 3.12. The Morgan fingerprint density at radius 2 is 1.13 bits per heavy atom. The molecule has 0 saturated carbocycles. The van der Waals surface area contributed by atoms with Crippen molar-refractivity contribution >= 4 is 60.2 Å². The van der Waals surface area contributed by atoms with Crippen LogP contribution in [0.5, 0.6) is 28.7 Å². The summed E-state index contributed by atoms with van der Waals surface area (Å²) in [7, 11) is 3.18. The molecule has 1 N–H and O–H groups in total. The number of nitrogens with zero attached hydrogens (tertiary/aromatic N) is 2. The standard InChI is InChI=1S/C32H33NO5S.C32H35NO3S/c1-21(34)23-9-13-26-29(20-23)39-32(24-10-14-27(36-2)28(19-24)37-3)30(26)31(35)22-7-11-25(12-8-22)38-18-17-33-15-5-4-6-16-33;1-22-19-26(35)10-14-28(22)32-30(29-13-9-25(23(2)34)21-31(29)37-32)20-24-7-11-27(12-8-24)36-18-6-17-33-15-4-3-5-16-33/h7-14,19-20H,4-6,15-18H2,1-3H3;7-14,19,21,35H,3-6,15-18,20H2,1-2H3. The Balaban J connectivity index is 0.000000186. The summed E-state index contributed by atoms with van der Waals surface area (Å²) >= 11 is 3.21. The second kappa shape index (κ2) is 25.3. The highest BCUT2D eigenvalue weighted by Crippen LogP contribution is 2.44. The van der Waals surface area contributed by atoms with Crippen molar-refractivity contribution in [1.82, 2.24) is 9.80 Å². The number of thiophene rings is 2. The molecule has 0 unspecified atom stereocenters. The number of hydrogen-bond donors (Lipinski definition) is 1. The number of phenolic OH excluding ortho intramolecular Hbond substituents is 1. The average Bonchev–Trinajstić information content (AvgIpc) is 4.02. The quantitative estimate of drug-likeness (QED) is 0.0620. The van der Waals surface area contributed by atoms with Gasteiger partial charge in [0.25, 0.3) is 0 Å². The Bertz CT molecular complexity index is 3310. The number of carbonyl (C=O) groups excluding carboxylic acids is 3. The maximum Gasteiger partial charge on any atom is 0.195 e. The van der Waals surface area contributed by atoms with Crippen LogP contribution in [0.25, 0.3) is 41.1 Å². The lowest BCUT2D eigenvalue weighted by Crippen LogP contribution is -2.33. The predicted molar refractivity (Wildman–Crippen MR) is 309 cm³/mol. The number of fused-ring (bicyclic) bond motifs is 2. The van der Waals surface area contributed by atoms with E-state index in [2.05, 4.69) is 40.1 Å². The number of aryl methyl sites for hydroxylation is 1. The maximum absolute atomic E-state index is 14.0. The van der Waals surface area contributed by atoms with Crippen LogP contribution in [0.15, 0.2) is 121 Å². The highest BCUT2D eigenvalue weighted by atomic mass is 32.1. The Morgan fingerprint density at radius 1 is 0.566 bits per heavy atom. The molecule has 0 amide bonds. The van der Waals surface area contributed by atoms with Gasteiger partial charge in [-0.2, -0.15) is 0 Å². The summed E-state index contributed by atoms with van der Waals surface area (Å²) < 4.78 is 24.9. The zero-order valence-electron chi connectivity index (χ0n) is 44.4. The third-order valence-corrected chi connectivity index (χ3v) is 16.9. The van der Waals surface area contributed by atoms with E-state index in [1.54, 1.807) is 51.5 Å². The second-order valence-electron chi connectivity index (χ2n) is 19.8. The fourth-order valence-corrected chi connectivity index (χ4v) is 12.9. The van der Waals surface area contributed by atoms with Crippen molar-refractivity contribution in [3.63, 3.8) is 0 Å². The molecule has 4 heterocycles. The first-order valence-corrected chi connectivity index (χ1v) is 28.2. The number of hydrogen-bond acceptors (Lipinski definition) is 12. The number of benzene rings is 6. The molecular formula is C64H68N2O8S2. The van der Waals surface area contributed by atoms with Gasteiger partial charge in [0.15, 0.2) is 28.8 Å². The maximum atomic E-state index is 14.0. The van der Waals surface area contributed by atoms with Crippen molar-refractivity contribution in [3.05, 3.63) is 160 Å². The van der Waals surface area contributed by atoms with Gasteiger partial charge < -0.3 is 29.0 Å². The monoisotopic (exact) mass is 1060 g/mol. The minimum atomic E-state index is -0.0820. The lowest BCUT2D eigenvalue weighted by atomic mass is 9.96. The highest BCUT2D eigenvalue weighted by Gasteiger charge is 2.24. The van der Waals surface area contributed by atoms with Crippen LogP contribution in [0.2, 0.25) is 0 Å². The van der Waals surface area contributed by atoms with Crippen LogP contribution in [0.3, 0.4) is 0 Å². The molecule has 10 rings (SSSR count). The first-order valence-electron chi connectivity index (χ1n) is 26.6. The molecule has 394 valence electrons. The van der Waals surface area contributed by atoms with Crippen molar-refractivity contribution in [2.45, 2.75) is 72.1 Å². The molecule has 0 atom stereocenters. The summed E-state index contributed by atoms with van der Waals surface area (Å²) in [6.07, 6.45) is 9.70. The van der Waals surface area contributed by atoms with Gasteiger partial charge in [0, 0.05) is 59.9 Å². The zero-order chi connectivity index (χ0) is 53.1. The van der Waals surface area contributed by atoms with Gasteiger partial charge in [0.1, 0.15) is 23.9 Å². The van der Waals surface area contributed by atoms with Crippen LogP contribution >= 0.6 is 22.7 Å². The zero-order valence-corrected chi connectivity index (χ0v) is 46.0. The SMILES string of the molecule is CC(=O)c1ccc2c(Cc3ccc(OCCCN4CCCCC4)cc3)c(-c3ccc(O)cc3C)sc2c1.COc1ccc(-c2sc3cc(C(C)=O)ccc3c2C(=O)c2ccc(OCCN3CCCCC3)cc2)cc1OC. The van der Waals surface area contributed by atoms with Gasteiger partial charge in [-0.3, -0.25) is 19.3 Å². The molecule has 0 aliphatic carbocycles. The van der Waals surface area contributed by atoms with E-state index < -0.39 is 0 Å². The van der Waals surface area contributed by atoms with Crippen molar-refractivity contribution in [3.8, 4) is 49.6 Å². The van der Waals surface area contributed by atoms with Gasteiger partial charge in [-0.15, -0.1) is 22.7 Å². The molecule has 2 aliphatic heterocycles. The number of ketones is 3. The van der Waals surface area contributed by atoms with E-state index in [4.69, 9.17) is 18.9 Å². The second-order valence-corrected chi connectivity index (χ2v) is 22.0. The third kappa shape index (κ3) is 13.0. The number of likely N-dealkylation sites (tertiary alicyclic amines) is 2. The molecule has 2 aromatic heterocycles. The topological polar surface area (TPSA) is 115 Å². The first-order chi connectivity index (χ1) is 37.0. The fourth-order valence-electron chi connectivity index (χ4n) is 10.3. The molecule has 76 heavy (non-hydrogen) atoms. The van der Waals surface area contributed by atoms with Crippen LogP contribution in [0, 0.1) is 6.92 Å². The Hall–Kier alpha value is -6.83. The molecule has 12 heteroatoms. The van der Waals surface area contributed by atoms with Crippen LogP contribution < -0.4 is 18.9 Å². The molecule has 2 aliphatic rings. The Kier molecular flexibility index (Phi) is 18.0. The van der Waals surface area contributed by atoms with E-state index in [1.165, 1.54) is 84.3 Å². The van der Waals surface area contributed by atoms with Crippen LogP contribution in [0.1, 0.15) is 112 Å². The molecule has 0 radical (unpaired) electrons. The van der Waals surface area contributed by atoms with Crippen LogP contribution in [0.4, 0.5) is 0 Å². The number of Topliss-reactive ketones (excluding diaryl/α,β-unsaturated/α-hetero) is 2. The van der Waals surface area contributed by atoms with Gasteiger partial charge in [-0.1, -0.05) is 49.2 Å². The van der Waals surface area contributed by atoms with E-state index in [0.717, 1.165) is 99.0 Å². The molecule has 8 aromatic rings. The Morgan fingerprint density at radius 3 is 1.75 bits per heavy atom. The van der Waals surface area contributed by atoms with Crippen molar-refractivity contribution < 1.29 is 38.4 Å². The van der Waals surface area contributed by atoms with Crippen LogP contribution in [-0.4, -0.2) is 99.0 Å². The van der Waals surface area contributed by atoms with Gasteiger partial charge in [0.05, 0.1) is 20.8 Å². The van der Waals surface area contributed by atoms with Gasteiger partial charge in [-0.25, -0.2) is 0 Å². The highest BCUT2D eigenvalue weighted by molar-refractivity contribution is 7.23. The summed E-state index contributed by atoms with van der Waals surface area (Å²) in [5, 5.41) is 11.9. The molecule has 0 spiro atoms. The lowest BCUT2D eigenvalue weighted by molar-refractivity contribution is 0.100. The van der Waals surface area contributed by atoms with Crippen molar-refractivity contribution in [2.24, 2.45) is 0 Å². The minimum absolute atomic E-state index is 0.0123. The van der Waals surface area contributed by atoms with Crippen LogP contribution in [-0.2, 0) is 6.42 Å². The number of phenols is 1. The Labute approximate surface area is 454 Å². The first kappa shape index (κ1) is 54.0. The lowest BCUT2D eigenvalue weighted by Gasteiger charge is -2.26. The van der Waals surface area contributed by atoms with Gasteiger partial charge >= 0.3 is 0 Å². The minimum Gasteiger partial charge on any atom is -0.508 e. The summed E-state index contributed by atoms with van der Waals surface area (Å²) in [5.41, 5.74) is 8.00. The normalized spacial score (nSPS) is 14.0. The largest absolute Gasteiger partial charge is 0.508 e. The number of aromatic hydroxyl groups is 1. The number of rotatable bonds is 19. The number of methoxy groups -OCH3 is 2. The summed E-state index contributed by atoms with van der Waals surface area (Å²) in [6.45, 7) is 13.3. The van der Waals surface area contributed by atoms with E-state index in [-0.39, 0.29) is 23.1 Å². The fraction of sp³-hybridized carbons (Fsp3) is 0.328. The van der Waals surface area contributed by atoms with E-state index >= 15 is 0 Å². The molecule has 0 bridgehead atoms. The van der Waals surface area contributed by atoms with E-state index in [9.17, 15) is 19.5 Å². The molecule has 2 saturated heterocycles. The number of carbonyl (C=O) groups is 3. The van der Waals surface area contributed by atoms with E-state index in [0.29, 0.717) is 34.8 Å². The predicted octanol–water partition coefficient (Wildman–Crippen LogP) is 14.5. The molecule has 10 nitrogen and oxygen atoms in total. The van der Waals surface area contributed by atoms with Gasteiger partial charge in [-0.05, 0) is 204 Å². The third-order valence-electron chi connectivity index (χ3n) is 14.5. The smallest absolute Gasteiger partial charge is 0.195 e. The number of piperidine rings is 2. The molecular weight excluding hydrogens is 989 g/mol. The summed E-state index contributed by atoms with van der Waals surface area (Å²) in [6, 6.07) is 38.5. The van der Waals surface area contributed by atoms with E-state index in [1.807, 2.05) is 85.8 Å². The summed E-state index contributed by atoms with van der Waals surface area (Å²) in [4.78, 5) is 45.0. The molecule has 2 fully saturated rings. The van der Waals surface area contributed by atoms with Crippen molar-refractivity contribution in [1.29, 1.82) is 0 Å².